The maximum atomic E-state index is 12.5. The highest BCUT2D eigenvalue weighted by Gasteiger charge is 2.29. The Bertz CT molecular complexity index is 885. The SMILES string of the molecule is Cc1cc(C)nc(SCc2ccc(C(=O)N/N=C3/C[C@@H](C)CC(C)(C)C3)cc2)n1. The zero-order valence-corrected chi connectivity index (χ0v) is 18.8. The minimum atomic E-state index is -0.162. The number of rotatable bonds is 5. The molecule has 6 heteroatoms. The molecule has 0 saturated heterocycles. The van der Waals surface area contributed by atoms with E-state index in [9.17, 15) is 4.79 Å². The third kappa shape index (κ3) is 6.39. The predicted octanol–water partition coefficient (Wildman–Crippen LogP) is 5.32. The molecule has 0 unspecified atom stereocenters. The van der Waals surface area contributed by atoms with Crippen molar-refractivity contribution in [3.05, 3.63) is 52.8 Å². The maximum Gasteiger partial charge on any atom is 0.271 e. The molecule has 1 N–H and O–H groups in total. The minimum Gasteiger partial charge on any atom is -0.267 e. The fourth-order valence-electron chi connectivity index (χ4n) is 4.05. The average Bonchev–Trinajstić information content (AvgIpc) is 2.62. The number of hydrogen-bond donors (Lipinski definition) is 1. The number of benzene rings is 1. The van der Waals surface area contributed by atoms with E-state index in [2.05, 4.69) is 41.3 Å². The first-order valence-electron chi connectivity index (χ1n) is 10.1. The van der Waals surface area contributed by atoms with Gasteiger partial charge in [-0.05, 0) is 68.2 Å². The smallest absolute Gasteiger partial charge is 0.267 e. The molecule has 1 amide bonds. The second-order valence-corrected chi connectivity index (χ2v) is 9.83. The predicted molar refractivity (Wildman–Crippen MR) is 119 cm³/mol. The number of nitrogens with one attached hydrogen (secondary N) is 1. The molecular formula is C23H30N4OS. The number of aromatic nitrogens is 2. The van der Waals surface area contributed by atoms with Gasteiger partial charge < -0.3 is 0 Å². The largest absolute Gasteiger partial charge is 0.271 e. The Morgan fingerprint density at radius 1 is 1.21 bits per heavy atom. The third-order valence-corrected chi connectivity index (χ3v) is 5.95. The molecule has 1 aromatic carbocycles. The summed E-state index contributed by atoms with van der Waals surface area (Å²) < 4.78 is 0. The maximum absolute atomic E-state index is 12.5. The summed E-state index contributed by atoms with van der Waals surface area (Å²) >= 11 is 1.60. The lowest BCUT2D eigenvalue weighted by Gasteiger charge is -2.34. The van der Waals surface area contributed by atoms with Crippen LogP contribution in [0.2, 0.25) is 0 Å². The highest BCUT2D eigenvalue weighted by atomic mass is 32.2. The standard InChI is InChI=1S/C23H30N4OS/c1-15-10-20(13-23(4,5)12-15)26-27-21(28)19-8-6-18(7-9-19)14-29-22-24-16(2)11-17(3)25-22/h6-9,11,15H,10,12-14H2,1-5H3,(H,27,28)/b26-20-/t15-/m1/s1. The molecule has 154 valence electrons. The van der Waals surface area contributed by atoms with Crippen LogP contribution in [0, 0.1) is 25.2 Å². The first kappa shape index (κ1) is 21.5. The van der Waals surface area contributed by atoms with Gasteiger partial charge in [0, 0.05) is 28.4 Å². The Labute approximate surface area is 177 Å². The van der Waals surface area contributed by atoms with Gasteiger partial charge in [0.1, 0.15) is 0 Å². The molecule has 1 aliphatic rings. The Morgan fingerprint density at radius 3 is 2.48 bits per heavy atom. The van der Waals surface area contributed by atoms with Crippen LogP contribution in [0.5, 0.6) is 0 Å². The van der Waals surface area contributed by atoms with Gasteiger partial charge in [-0.2, -0.15) is 5.10 Å². The molecule has 1 saturated carbocycles. The number of hydrogen-bond acceptors (Lipinski definition) is 5. The van der Waals surface area contributed by atoms with E-state index in [1.54, 1.807) is 11.8 Å². The molecule has 0 aliphatic heterocycles. The molecule has 3 rings (SSSR count). The van der Waals surface area contributed by atoms with Crippen LogP contribution in [0.15, 0.2) is 40.6 Å². The van der Waals surface area contributed by atoms with Crippen molar-refractivity contribution in [3.8, 4) is 0 Å². The summed E-state index contributed by atoms with van der Waals surface area (Å²) in [5, 5.41) is 5.20. The van der Waals surface area contributed by atoms with E-state index in [-0.39, 0.29) is 11.3 Å². The van der Waals surface area contributed by atoms with Crippen LogP contribution in [0.4, 0.5) is 0 Å². The van der Waals surface area contributed by atoms with Crippen molar-refractivity contribution in [3.63, 3.8) is 0 Å². The van der Waals surface area contributed by atoms with Crippen LogP contribution in [-0.4, -0.2) is 21.6 Å². The Morgan fingerprint density at radius 2 is 1.86 bits per heavy atom. The van der Waals surface area contributed by atoms with Crippen molar-refractivity contribution in [1.82, 2.24) is 15.4 Å². The molecule has 1 heterocycles. The van der Waals surface area contributed by atoms with Gasteiger partial charge in [0.05, 0.1) is 0 Å². The van der Waals surface area contributed by atoms with E-state index in [0.717, 1.165) is 46.4 Å². The summed E-state index contributed by atoms with van der Waals surface area (Å²) in [4.78, 5) is 21.4. The number of aryl methyl sites for hydroxylation is 2. The molecule has 1 aliphatic carbocycles. The molecule has 0 bridgehead atoms. The zero-order valence-electron chi connectivity index (χ0n) is 18.0. The Kier molecular flexibility index (Phi) is 6.73. The summed E-state index contributed by atoms with van der Waals surface area (Å²) in [5.41, 5.74) is 7.78. The monoisotopic (exact) mass is 410 g/mol. The summed E-state index contributed by atoms with van der Waals surface area (Å²) in [6.07, 6.45) is 3.10. The normalized spacial score (nSPS) is 19.9. The fraction of sp³-hybridized carbons (Fsp3) is 0.478. The number of nitrogens with zero attached hydrogens (tertiary/aromatic N) is 3. The van der Waals surface area contributed by atoms with Crippen LogP contribution in [0.3, 0.4) is 0 Å². The Hall–Kier alpha value is -2.21. The second kappa shape index (κ2) is 9.08. The van der Waals surface area contributed by atoms with Gasteiger partial charge in [-0.25, -0.2) is 15.4 Å². The van der Waals surface area contributed by atoms with Gasteiger partial charge in [-0.3, -0.25) is 4.79 Å². The topological polar surface area (TPSA) is 67.2 Å². The molecule has 0 radical (unpaired) electrons. The number of carbonyl (C=O) groups excluding carboxylic acids is 1. The molecule has 2 aromatic rings. The first-order chi connectivity index (χ1) is 13.7. The van der Waals surface area contributed by atoms with Crippen LogP contribution in [0.25, 0.3) is 0 Å². The van der Waals surface area contributed by atoms with Crippen LogP contribution in [0.1, 0.15) is 67.3 Å². The number of amides is 1. The van der Waals surface area contributed by atoms with E-state index < -0.39 is 0 Å². The van der Waals surface area contributed by atoms with Crippen LogP contribution >= 0.6 is 11.8 Å². The number of hydrazone groups is 1. The van der Waals surface area contributed by atoms with Crippen molar-refractivity contribution >= 4 is 23.4 Å². The molecular weight excluding hydrogens is 380 g/mol. The van der Waals surface area contributed by atoms with Crippen molar-refractivity contribution in [1.29, 1.82) is 0 Å². The van der Waals surface area contributed by atoms with Gasteiger partial charge in [0.15, 0.2) is 5.16 Å². The lowest BCUT2D eigenvalue weighted by atomic mass is 9.72. The Balaban J connectivity index is 1.56. The lowest BCUT2D eigenvalue weighted by Crippen LogP contribution is -2.30. The van der Waals surface area contributed by atoms with E-state index in [1.165, 1.54) is 6.42 Å². The summed E-state index contributed by atoms with van der Waals surface area (Å²) in [5.74, 6) is 1.21. The van der Waals surface area contributed by atoms with Gasteiger partial charge >= 0.3 is 0 Å². The lowest BCUT2D eigenvalue weighted by molar-refractivity contribution is 0.0954. The van der Waals surface area contributed by atoms with Crippen LogP contribution < -0.4 is 5.43 Å². The molecule has 1 aromatic heterocycles. The molecule has 1 atom stereocenters. The summed E-state index contributed by atoms with van der Waals surface area (Å²) in [6.45, 7) is 10.7. The molecule has 1 fully saturated rings. The van der Waals surface area contributed by atoms with Gasteiger partial charge in [0.2, 0.25) is 0 Å². The third-order valence-electron chi connectivity index (χ3n) is 5.03. The van der Waals surface area contributed by atoms with E-state index in [0.29, 0.717) is 11.5 Å². The number of thioether (sulfide) groups is 1. The van der Waals surface area contributed by atoms with Crippen molar-refractivity contribution in [2.45, 2.75) is 64.8 Å². The fourth-order valence-corrected chi connectivity index (χ4v) is 4.96. The zero-order chi connectivity index (χ0) is 21.0. The first-order valence-corrected chi connectivity index (χ1v) is 11.1. The second-order valence-electron chi connectivity index (χ2n) is 8.89. The van der Waals surface area contributed by atoms with E-state index in [4.69, 9.17) is 0 Å². The van der Waals surface area contributed by atoms with E-state index in [1.807, 2.05) is 44.2 Å². The van der Waals surface area contributed by atoms with Crippen molar-refractivity contribution < 1.29 is 4.79 Å². The highest BCUT2D eigenvalue weighted by Crippen LogP contribution is 2.36. The summed E-state index contributed by atoms with van der Waals surface area (Å²) in [6, 6.07) is 9.62. The molecule has 29 heavy (non-hydrogen) atoms. The summed E-state index contributed by atoms with van der Waals surface area (Å²) in [7, 11) is 0. The quantitative estimate of drug-likeness (QED) is 0.412. The van der Waals surface area contributed by atoms with Gasteiger partial charge in [-0.1, -0.05) is 44.7 Å². The average molecular weight is 411 g/mol. The molecule has 5 nitrogen and oxygen atoms in total. The molecule has 0 spiro atoms. The van der Waals surface area contributed by atoms with Gasteiger partial charge in [0.25, 0.3) is 5.91 Å². The van der Waals surface area contributed by atoms with Crippen LogP contribution in [-0.2, 0) is 5.75 Å². The number of carbonyl (C=O) groups is 1. The van der Waals surface area contributed by atoms with E-state index >= 15 is 0 Å². The van der Waals surface area contributed by atoms with Gasteiger partial charge in [-0.15, -0.1) is 0 Å². The van der Waals surface area contributed by atoms with Crippen molar-refractivity contribution in [2.75, 3.05) is 0 Å². The van der Waals surface area contributed by atoms with Crippen molar-refractivity contribution in [2.24, 2.45) is 16.4 Å². The highest BCUT2D eigenvalue weighted by molar-refractivity contribution is 7.98. The minimum absolute atomic E-state index is 0.162.